The molecule has 2 aromatic carbocycles. The van der Waals surface area contributed by atoms with Gasteiger partial charge in [0.15, 0.2) is 11.5 Å². The van der Waals surface area contributed by atoms with Gasteiger partial charge in [0.1, 0.15) is 13.2 Å². The van der Waals surface area contributed by atoms with Gasteiger partial charge in [-0.05, 0) is 51.1 Å². The number of carbonyl (C=O) groups excluding carboxylic acids is 1. The number of fused-ring (bicyclic) bond motifs is 1. The number of halogens is 1. The SMILES string of the molecule is CCN(C(=O)c1cccc(-n2nc(C)c(Cl)c2C)c1)c1ccc2c(c1)OCCO2. The van der Waals surface area contributed by atoms with Crippen LogP contribution in [-0.4, -0.2) is 35.4 Å². The zero-order valence-corrected chi connectivity index (χ0v) is 17.4. The van der Waals surface area contributed by atoms with E-state index >= 15 is 0 Å². The summed E-state index contributed by atoms with van der Waals surface area (Å²) in [7, 11) is 0. The Morgan fingerprint density at radius 3 is 2.59 bits per heavy atom. The van der Waals surface area contributed by atoms with E-state index in [2.05, 4.69) is 5.10 Å². The molecule has 2 heterocycles. The standard InChI is InChI=1S/C22H22ClN3O3/c1-4-25(17-8-9-19-20(13-17)29-11-10-28-19)22(27)16-6-5-7-18(12-16)26-15(3)21(23)14(2)24-26/h5-9,12-13H,4,10-11H2,1-3H3. The van der Waals surface area contributed by atoms with Crippen LogP contribution in [0, 0.1) is 13.8 Å². The Kier molecular flexibility index (Phi) is 5.20. The first-order valence-electron chi connectivity index (χ1n) is 9.53. The summed E-state index contributed by atoms with van der Waals surface area (Å²) in [5.74, 6) is 1.26. The highest BCUT2D eigenvalue weighted by Gasteiger charge is 2.20. The largest absolute Gasteiger partial charge is 0.486 e. The van der Waals surface area contributed by atoms with Crippen LogP contribution in [-0.2, 0) is 0 Å². The van der Waals surface area contributed by atoms with Crippen LogP contribution in [0.3, 0.4) is 0 Å². The zero-order valence-electron chi connectivity index (χ0n) is 16.6. The van der Waals surface area contributed by atoms with Crippen molar-refractivity contribution in [1.82, 2.24) is 9.78 Å². The average Bonchev–Trinajstić information content (AvgIpc) is 3.01. The van der Waals surface area contributed by atoms with Crippen LogP contribution in [0.4, 0.5) is 5.69 Å². The molecule has 0 saturated carbocycles. The Morgan fingerprint density at radius 1 is 1.14 bits per heavy atom. The Bertz CT molecular complexity index is 1080. The number of carbonyl (C=O) groups is 1. The van der Waals surface area contributed by atoms with Crippen molar-refractivity contribution in [3.8, 4) is 17.2 Å². The first-order chi connectivity index (χ1) is 14.0. The lowest BCUT2D eigenvalue weighted by Crippen LogP contribution is -2.31. The highest BCUT2D eigenvalue weighted by atomic mass is 35.5. The smallest absolute Gasteiger partial charge is 0.258 e. The van der Waals surface area contributed by atoms with Gasteiger partial charge >= 0.3 is 0 Å². The van der Waals surface area contributed by atoms with Crippen LogP contribution in [0.15, 0.2) is 42.5 Å². The molecular formula is C22H22ClN3O3. The summed E-state index contributed by atoms with van der Waals surface area (Å²) in [6.07, 6.45) is 0. The van der Waals surface area contributed by atoms with E-state index in [4.69, 9.17) is 21.1 Å². The molecule has 4 rings (SSSR count). The number of aromatic nitrogens is 2. The lowest BCUT2D eigenvalue weighted by molar-refractivity contribution is 0.0988. The lowest BCUT2D eigenvalue weighted by atomic mass is 10.1. The first-order valence-corrected chi connectivity index (χ1v) is 9.91. The van der Waals surface area contributed by atoms with Gasteiger partial charge in [-0.15, -0.1) is 0 Å². The highest BCUT2D eigenvalue weighted by molar-refractivity contribution is 6.31. The van der Waals surface area contributed by atoms with Crippen molar-refractivity contribution in [2.24, 2.45) is 0 Å². The Labute approximate surface area is 174 Å². The number of hydrogen-bond acceptors (Lipinski definition) is 4. The first kappa shape index (κ1) is 19.3. The molecule has 1 aliphatic heterocycles. The van der Waals surface area contributed by atoms with E-state index in [1.54, 1.807) is 15.6 Å². The van der Waals surface area contributed by atoms with Gasteiger partial charge < -0.3 is 14.4 Å². The zero-order chi connectivity index (χ0) is 20.5. The normalized spacial score (nSPS) is 12.7. The topological polar surface area (TPSA) is 56.6 Å². The quantitative estimate of drug-likeness (QED) is 0.630. The second-order valence-corrected chi connectivity index (χ2v) is 7.20. The predicted octanol–water partition coefficient (Wildman–Crippen LogP) is 4.58. The van der Waals surface area contributed by atoms with Gasteiger partial charge in [-0.3, -0.25) is 4.79 Å². The Morgan fingerprint density at radius 2 is 1.90 bits per heavy atom. The molecule has 0 bridgehead atoms. The monoisotopic (exact) mass is 411 g/mol. The van der Waals surface area contributed by atoms with E-state index in [-0.39, 0.29) is 5.91 Å². The summed E-state index contributed by atoms with van der Waals surface area (Å²) in [6.45, 7) is 7.27. The van der Waals surface area contributed by atoms with Gasteiger partial charge in [0.2, 0.25) is 0 Å². The van der Waals surface area contributed by atoms with Crippen LogP contribution in [0.2, 0.25) is 5.02 Å². The number of ether oxygens (including phenoxy) is 2. The fourth-order valence-corrected chi connectivity index (χ4v) is 3.56. The van der Waals surface area contributed by atoms with Crippen molar-refractivity contribution in [2.45, 2.75) is 20.8 Å². The molecule has 0 fully saturated rings. The van der Waals surface area contributed by atoms with Crippen LogP contribution in [0.1, 0.15) is 28.7 Å². The minimum Gasteiger partial charge on any atom is -0.486 e. The molecule has 0 atom stereocenters. The molecule has 150 valence electrons. The molecule has 1 aromatic heterocycles. The van der Waals surface area contributed by atoms with Crippen molar-refractivity contribution in [2.75, 3.05) is 24.7 Å². The summed E-state index contributed by atoms with van der Waals surface area (Å²) < 4.78 is 13.0. The van der Waals surface area contributed by atoms with Crippen molar-refractivity contribution in [3.05, 3.63) is 64.4 Å². The lowest BCUT2D eigenvalue weighted by Gasteiger charge is -2.24. The third-order valence-electron chi connectivity index (χ3n) is 4.94. The maximum Gasteiger partial charge on any atom is 0.258 e. The molecule has 3 aromatic rings. The van der Waals surface area contributed by atoms with E-state index in [0.29, 0.717) is 41.8 Å². The second-order valence-electron chi connectivity index (χ2n) is 6.82. The molecule has 7 heteroatoms. The van der Waals surface area contributed by atoms with E-state index in [1.165, 1.54) is 0 Å². The summed E-state index contributed by atoms with van der Waals surface area (Å²) in [6, 6.07) is 13.0. The van der Waals surface area contributed by atoms with Crippen molar-refractivity contribution >= 4 is 23.2 Å². The van der Waals surface area contributed by atoms with Crippen LogP contribution in [0.5, 0.6) is 11.5 Å². The molecule has 0 aliphatic carbocycles. The van der Waals surface area contributed by atoms with Gasteiger partial charge in [-0.2, -0.15) is 5.10 Å². The van der Waals surface area contributed by atoms with Crippen molar-refractivity contribution in [3.63, 3.8) is 0 Å². The second kappa shape index (κ2) is 7.79. The third-order valence-corrected chi connectivity index (χ3v) is 5.49. The van der Waals surface area contributed by atoms with Crippen LogP contribution >= 0.6 is 11.6 Å². The number of amides is 1. The van der Waals surface area contributed by atoms with E-state index in [0.717, 1.165) is 22.8 Å². The number of anilines is 1. The molecule has 0 saturated heterocycles. The maximum absolute atomic E-state index is 13.3. The van der Waals surface area contributed by atoms with E-state index < -0.39 is 0 Å². The molecule has 6 nitrogen and oxygen atoms in total. The van der Waals surface area contributed by atoms with Crippen LogP contribution in [0.25, 0.3) is 5.69 Å². The molecular weight excluding hydrogens is 390 g/mol. The molecule has 1 amide bonds. The maximum atomic E-state index is 13.3. The molecule has 0 unspecified atom stereocenters. The predicted molar refractivity (Wildman–Crippen MR) is 113 cm³/mol. The molecule has 0 spiro atoms. The van der Waals surface area contributed by atoms with Gasteiger partial charge in [0.05, 0.1) is 22.1 Å². The highest BCUT2D eigenvalue weighted by Crippen LogP contribution is 2.34. The van der Waals surface area contributed by atoms with E-state index in [1.807, 2.05) is 57.2 Å². The Balaban J connectivity index is 1.67. The van der Waals surface area contributed by atoms with E-state index in [9.17, 15) is 4.79 Å². The summed E-state index contributed by atoms with van der Waals surface area (Å²) in [5, 5.41) is 5.11. The minimum atomic E-state index is -0.0985. The van der Waals surface area contributed by atoms with Crippen molar-refractivity contribution < 1.29 is 14.3 Å². The minimum absolute atomic E-state index is 0.0985. The van der Waals surface area contributed by atoms with Gasteiger partial charge in [-0.1, -0.05) is 17.7 Å². The average molecular weight is 412 g/mol. The molecule has 29 heavy (non-hydrogen) atoms. The van der Waals surface area contributed by atoms with Crippen LogP contribution < -0.4 is 14.4 Å². The number of hydrogen-bond donors (Lipinski definition) is 0. The number of aryl methyl sites for hydroxylation is 1. The molecule has 0 N–H and O–H groups in total. The fourth-order valence-electron chi connectivity index (χ4n) is 3.44. The summed E-state index contributed by atoms with van der Waals surface area (Å²) >= 11 is 6.28. The fraction of sp³-hybridized carbons (Fsp3) is 0.273. The number of nitrogens with zero attached hydrogens (tertiary/aromatic N) is 3. The molecule has 0 radical (unpaired) electrons. The number of rotatable bonds is 4. The Hall–Kier alpha value is -2.99. The van der Waals surface area contributed by atoms with Gasteiger partial charge in [0.25, 0.3) is 5.91 Å². The van der Waals surface area contributed by atoms with Crippen molar-refractivity contribution in [1.29, 1.82) is 0 Å². The molecule has 1 aliphatic rings. The van der Waals surface area contributed by atoms with Gasteiger partial charge in [0, 0.05) is 23.9 Å². The van der Waals surface area contributed by atoms with Gasteiger partial charge in [-0.25, -0.2) is 4.68 Å². The summed E-state index contributed by atoms with van der Waals surface area (Å²) in [5.41, 5.74) is 3.73. The number of benzene rings is 2. The summed E-state index contributed by atoms with van der Waals surface area (Å²) in [4.78, 5) is 15.0. The third kappa shape index (κ3) is 3.56.